The summed E-state index contributed by atoms with van der Waals surface area (Å²) in [5.74, 6) is -0.169. The van der Waals surface area contributed by atoms with Gasteiger partial charge in [-0.15, -0.1) is 11.3 Å². The lowest BCUT2D eigenvalue weighted by Gasteiger charge is -2.39. The van der Waals surface area contributed by atoms with Crippen LogP contribution in [-0.4, -0.2) is 10.7 Å². The van der Waals surface area contributed by atoms with Gasteiger partial charge >= 0.3 is 0 Å². The zero-order valence-corrected chi connectivity index (χ0v) is 15.6. The number of non-ortho nitro benzene ring substituents is 1. The Balaban J connectivity index is 1.91. The number of thiophene rings is 1. The number of hydrogen-bond donors (Lipinski definition) is 1. The molecule has 0 amide bonds. The van der Waals surface area contributed by atoms with E-state index in [0.29, 0.717) is 36.1 Å². The number of carbonyl (C=O) groups excluding carboxylic acids is 1. The minimum atomic E-state index is -0.471. The number of nitro groups is 1. The van der Waals surface area contributed by atoms with E-state index >= 15 is 0 Å². The topological polar surface area (TPSA) is 113 Å². The number of hydrogen-bond acceptors (Lipinski definition) is 7. The Bertz CT molecular complexity index is 1060. The highest BCUT2D eigenvalue weighted by molar-refractivity contribution is 7.10. The lowest BCUT2D eigenvalue weighted by molar-refractivity contribution is -0.384. The van der Waals surface area contributed by atoms with Crippen LogP contribution in [0.4, 0.5) is 11.4 Å². The van der Waals surface area contributed by atoms with Crippen LogP contribution in [0.5, 0.6) is 0 Å². The van der Waals surface area contributed by atoms with Crippen LogP contribution in [0.25, 0.3) is 0 Å². The maximum atomic E-state index is 12.9. The standard InChI is InChI=1S/C20H16N4O3S/c21-11-14-18(17-5-2-10-28-17)19-15(3-1-4-16(19)25)23(20(14)22)12-6-8-13(9-7-12)24(26)27/h2,5-10,18H,1,3-4,22H2/t18-/m1/s1. The first-order chi connectivity index (χ1) is 13.5. The van der Waals surface area contributed by atoms with Crippen molar-refractivity contribution in [3.63, 3.8) is 0 Å². The first-order valence-corrected chi connectivity index (χ1v) is 9.65. The van der Waals surface area contributed by atoms with Gasteiger partial charge in [-0.05, 0) is 36.4 Å². The van der Waals surface area contributed by atoms with E-state index in [1.165, 1.54) is 23.5 Å². The number of rotatable bonds is 3. The maximum Gasteiger partial charge on any atom is 0.269 e. The number of benzene rings is 1. The molecule has 0 saturated heterocycles. The summed E-state index contributed by atoms with van der Waals surface area (Å²) in [6.07, 6.45) is 1.79. The fourth-order valence-electron chi connectivity index (χ4n) is 3.84. The van der Waals surface area contributed by atoms with Gasteiger partial charge in [0.05, 0.1) is 22.5 Å². The van der Waals surface area contributed by atoms with E-state index < -0.39 is 10.8 Å². The SMILES string of the molecule is N#CC1=C(N)N(c2ccc([N+](=O)[O-])cc2)C2=C(C(=O)CCC2)[C@H]1c1cccs1. The third kappa shape index (κ3) is 2.77. The molecule has 4 rings (SSSR count). The van der Waals surface area contributed by atoms with E-state index in [1.54, 1.807) is 17.0 Å². The monoisotopic (exact) mass is 392 g/mol. The largest absolute Gasteiger partial charge is 0.384 e. The van der Waals surface area contributed by atoms with Crippen molar-refractivity contribution in [1.29, 1.82) is 5.26 Å². The van der Waals surface area contributed by atoms with Gasteiger partial charge in [0.25, 0.3) is 5.69 Å². The van der Waals surface area contributed by atoms with E-state index in [2.05, 4.69) is 6.07 Å². The van der Waals surface area contributed by atoms with Gasteiger partial charge in [0, 0.05) is 40.4 Å². The number of nitriles is 1. The molecule has 140 valence electrons. The molecular weight excluding hydrogens is 376 g/mol. The molecule has 1 atom stereocenters. The van der Waals surface area contributed by atoms with Crippen LogP contribution in [-0.2, 0) is 4.79 Å². The molecule has 0 radical (unpaired) electrons. The molecule has 0 fully saturated rings. The second-order valence-electron chi connectivity index (χ2n) is 6.61. The Morgan fingerprint density at radius 3 is 2.61 bits per heavy atom. The van der Waals surface area contributed by atoms with Gasteiger partial charge in [-0.1, -0.05) is 6.07 Å². The van der Waals surface area contributed by atoms with Crippen LogP contribution in [0.3, 0.4) is 0 Å². The lowest BCUT2D eigenvalue weighted by atomic mass is 9.78. The summed E-state index contributed by atoms with van der Waals surface area (Å²) in [5, 5.41) is 22.7. The smallest absolute Gasteiger partial charge is 0.269 e. The molecule has 2 aliphatic rings. The number of ketones is 1. The summed E-state index contributed by atoms with van der Waals surface area (Å²) >= 11 is 1.49. The molecule has 1 aliphatic heterocycles. The highest BCUT2D eigenvalue weighted by Gasteiger charge is 2.40. The Kier molecular flexibility index (Phi) is 4.45. The van der Waals surface area contributed by atoms with Gasteiger partial charge in [-0.25, -0.2) is 0 Å². The van der Waals surface area contributed by atoms with E-state index in [0.717, 1.165) is 10.6 Å². The van der Waals surface area contributed by atoms with Crippen molar-refractivity contribution in [2.45, 2.75) is 25.2 Å². The van der Waals surface area contributed by atoms with E-state index in [-0.39, 0.29) is 17.3 Å². The molecule has 2 heterocycles. The van der Waals surface area contributed by atoms with Crippen molar-refractivity contribution in [3.05, 3.63) is 79.4 Å². The second-order valence-corrected chi connectivity index (χ2v) is 7.58. The Labute approximate surface area is 165 Å². The van der Waals surface area contributed by atoms with Crippen molar-refractivity contribution in [1.82, 2.24) is 0 Å². The summed E-state index contributed by atoms with van der Waals surface area (Å²) in [7, 11) is 0. The third-order valence-corrected chi connectivity index (χ3v) is 6.00. The van der Waals surface area contributed by atoms with Crippen LogP contribution >= 0.6 is 11.3 Å². The number of Topliss-reactive ketones (excluding diaryl/α,β-unsaturated/α-hetero) is 1. The zero-order valence-electron chi connectivity index (χ0n) is 14.8. The molecule has 0 spiro atoms. The van der Waals surface area contributed by atoms with Crippen molar-refractivity contribution >= 4 is 28.5 Å². The summed E-state index contributed by atoms with van der Waals surface area (Å²) in [4.78, 5) is 26.0. The molecule has 1 aromatic carbocycles. The van der Waals surface area contributed by atoms with Crippen LogP contribution in [0.2, 0.25) is 0 Å². The number of nitrogens with two attached hydrogens (primary N) is 1. The first-order valence-electron chi connectivity index (χ1n) is 8.77. The van der Waals surface area contributed by atoms with Gasteiger partial charge in [0.1, 0.15) is 5.82 Å². The maximum absolute atomic E-state index is 12.9. The van der Waals surface area contributed by atoms with Gasteiger partial charge in [-0.2, -0.15) is 5.26 Å². The minimum Gasteiger partial charge on any atom is -0.384 e. The average molecular weight is 392 g/mol. The van der Waals surface area contributed by atoms with Gasteiger partial charge < -0.3 is 5.73 Å². The van der Waals surface area contributed by atoms with Crippen molar-refractivity contribution in [2.24, 2.45) is 5.73 Å². The highest BCUT2D eigenvalue weighted by atomic mass is 32.1. The predicted molar refractivity (Wildman–Crippen MR) is 105 cm³/mol. The molecule has 0 bridgehead atoms. The van der Waals surface area contributed by atoms with E-state index in [4.69, 9.17) is 5.73 Å². The summed E-state index contributed by atoms with van der Waals surface area (Å²) < 4.78 is 0. The Morgan fingerprint density at radius 2 is 2.00 bits per heavy atom. The average Bonchev–Trinajstić information content (AvgIpc) is 3.22. The molecule has 2 aromatic rings. The number of nitro benzene ring substituents is 1. The zero-order chi connectivity index (χ0) is 19.8. The lowest BCUT2D eigenvalue weighted by Crippen LogP contribution is -2.38. The molecule has 0 saturated carbocycles. The van der Waals surface area contributed by atoms with E-state index in [1.807, 2.05) is 17.5 Å². The number of allylic oxidation sites excluding steroid dienone is 3. The molecule has 1 aliphatic carbocycles. The highest BCUT2D eigenvalue weighted by Crippen LogP contribution is 2.47. The first kappa shape index (κ1) is 17.9. The third-order valence-electron chi connectivity index (χ3n) is 5.06. The predicted octanol–water partition coefficient (Wildman–Crippen LogP) is 3.96. The molecule has 7 nitrogen and oxygen atoms in total. The van der Waals surface area contributed by atoms with Crippen LogP contribution in [0.15, 0.2) is 64.4 Å². The normalized spacial score (nSPS) is 19.5. The number of anilines is 1. The minimum absolute atomic E-state index is 0.0202. The van der Waals surface area contributed by atoms with E-state index in [9.17, 15) is 20.2 Å². The van der Waals surface area contributed by atoms with Crippen molar-refractivity contribution in [3.8, 4) is 6.07 Å². The number of nitrogens with zero attached hydrogens (tertiary/aromatic N) is 3. The summed E-state index contributed by atoms with van der Waals surface area (Å²) in [6.45, 7) is 0. The molecule has 28 heavy (non-hydrogen) atoms. The van der Waals surface area contributed by atoms with Crippen molar-refractivity contribution < 1.29 is 9.72 Å². The van der Waals surface area contributed by atoms with Gasteiger partial charge in [0.15, 0.2) is 5.78 Å². The molecule has 0 unspecified atom stereocenters. The van der Waals surface area contributed by atoms with Gasteiger partial charge in [-0.3, -0.25) is 19.8 Å². The summed E-state index contributed by atoms with van der Waals surface area (Å²) in [5.41, 5.74) is 8.70. The summed E-state index contributed by atoms with van der Waals surface area (Å²) in [6, 6.07) is 12.0. The second kappa shape index (κ2) is 6.94. The Morgan fingerprint density at radius 1 is 1.25 bits per heavy atom. The van der Waals surface area contributed by atoms with Crippen LogP contribution in [0, 0.1) is 21.4 Å². The quantitative estimate of drug-likeness (QED) is 0.625. The van der Waals surface area contributed by atoms with Gasteiger partial charge in [0.2, 0.25) is 0 Å². The Hall–Kier alpha value is -3.44. The van der Waals surface area contributed by atoms with Crippen LogP contribution < -0.4 is 10.6 Å². The number of carbonyl (C=O) groups is 1. The fraction of sp³-hybridized carbons (Fsp3) is 0.200. The molecule has 8 heteroatoms. The molecule has 2 N–H and O–H groups in total. The fourth-order valence-corrected chi connectivity index (χ4v) is 4.69. The van der Waals surface area contributed by atoms with Crippen molar-refractivity contribution in [2.75, 3.05) is 4.90 Å². The van der Waals surface area contributed by atoms with Crippen LogP contribution in [0.1, 0.15) is 30.1 Å². The molecule has 1 aromatic heterocycles. The molecular formula is C20H16N4O3S.